The van der Waals surface area contributed by atoms with Crippen LogP contribution in [0.4, 0.5) is 5.69 Å². The number of carbonyl (C=O) groups is 1. The van der Waals surface area contributed by atoms with Crippen LogP contribution >= 0.6 is 11.8 Å². The molecule has 0 spiro atoms. The van der Waals surface area contributed by atoms with Crippen molar-refractivity contribution in [3.63, 3.8) is 0 Å². The number of carbonyl (C=O) groups excluding carboxylic acids is 1. The van der Waals surface area contributed by atoms with Crippen LogP contribution in [0.15, 0.2) is 24.3 Å². The van der Waals surface area contributed by atoms with Crippen LogP contribution in [0, 0.1) is 0 Å². The normalized spacial score (nSPS) is 22.6. The van der Waals surface area contributed by atoms with Crippen molar-refractivity contribution in [2.24, 2.45) is 0 Å². The van der Waals surface area contributed by atoms with E-state index >= 15 is 0 Å². The zero-order chi connectivity index (χ0) is 14.5. The van der Waals surface area contributed by atoms with Crippen LogP contribution in [-0.2, 0) is 16.1 Å². The summed E-state index contributed by atoms with van der Waals surface area (Å²) in [4.78, 5) is 12.0. The number of anilines is 1. The fourth-order valence-electron chi connectivity index (χ4n) is 2.75. The van der Waals surface area contributed by atoms with Gasteiger partial charge in [-0.2, -0.15) is 0 Å². The van der Waals surface area contributed by atoms with E-state index < -0.39 is 0 Å². The molecule has 1 aromatic carbocycles. The maximum Gasteiger partial charge on any atom is 0.242 e. The molecule has 5 heteroatoms. The van der Waals surface area contributed by atoms with E-state index in [-0.39, 0.29) is 11.9 Å². The minimum absolute atomic E-state index is 0.0509. The molecule has 1 heterocycles. The smallest absolute Gasteiger partial charge is 0.242 e. The van der Waals surface area contributed by atoms with Gasteiger partial charge in [-0.15, -0.1) is 11.8 Å². The third kappa shape index (κ3) is 4.22. The van der Waals surface area contributed by atoms with E-state index in [1.165, 1.54) is 25.7 Å². The SMILES string of the molecule is O=C(Nc1ccc(COC2CCCC2)cc1)C1CSCN1. The summed E-state index contributed by atoms with van der Waals surface area (Å²) >= 11 is 1.75. The predicted molar refractivity (Wildman–Crippen MR) is 86.4 cm³/mol. The molecule has 4 nitrogen and oxygen atoms in total. The van der Waals surface area contributed by atoms with Crippen LogP contribution in [0.2, 0.25) is 0 Å². The van der Waals surface area contributed by atoms with E-state index in [2.05, 4.69) is 10.6 Å². The first kappa shape index (κ1) is 14.9. The van der Waals surface area contributed by atoms with Crippen molar-refractivity contribution in [2.75, 3.05) is 16.9 Å². The van der Waals surface area contributed by atoms with E-state index in [0.717, 1.165) is 22.9 Å². The molecule has 21 heavy (non-hydrogen) atoms. The molecule has 1 saturated carbocycles. The van der Waals surface area contributed by atoms with Crippen molar-refractivity contribution >= 4 is 23.4 Å². The molecule has 1 amide bonds. The molecule has 3 rings (SSSR count). The second-order valence-corrected chi connectivity index (χ2v) is 6.71. The van der Waals surface area contributed by atoms with E-state index in [9.17, 15) is 4.79 Å². The highest BCUT2D eigenvalue weighted by atomic mass is 32.2. The fourth-order valence-corrected chi connectivity index (χ4v) is 3.69. The first-order chi connectivity index (χ1) is 10.3. The highest BCUT2D eigenvalue weighted by molar-refractivity contribution is 7.99. The number of rotatable bonds is 5. The van der Waals surface area contributed by atoms with Gasteiger partial charge in [-0.05, 0) is 30.5 Å². The summed E-state index contributed by atoms with van der Waals surface area (Å²) in [6.45, 7) is 0.666. The number of thioether (sulfide) groups is 1. The molecule has 1 aliphatic heterocycles. The van der Waals surface area contributed by atoms with Gasteiger partial charge in [0.15, 0.2) is 0 Å². The van der Waals surface area contributed by atoms with E-state index in [1.54, 1.807) is 11.8 Å². The Balaban J connectivity index is 1.47. The van der Waals surface area contributed by atoms with Gasteiger partial charge >= 0.3 is 0 Å². The van der Waals surface area contributed by atoms with E-state index in [0.29, 0.717) is 12.7 Å². The largest absolute Gasteiger partial charge is 0.374 e. The average Bonchev–Trinajstić information content (AvgIpc) is 3.20. The number of ether oxygens (including phenoxy) is 1. The molecule has 0 bridgehead atoms. The van der Waals surface area contributed by atoms with Gasteiger partial charge in [0.25, 0.3) is 0 Å². The van der Waals surface area contributed by atoms with Crippen LogP contribution in [0.5, 0.6) is 0 Å². The minimum Gasteiger partial charge on any atom is -0.374 e. The minimum atomic E-state index is -0.0691. The highest BCUT2D eigenvalue weighted by Gasteiger charge is 2.22. The maximum absolute atomic E-state index is 12.0. The zero-order valence-corrected chi connectivity index (χ0v) is 13.0. The lowest BCUT2D eigenvalue weighted by atomic mass is 10.2. The monoisotopic (exact) mass is 306 g/mol. The van der Waals surface area contributed by atoms with Gasteiger partial charge in [-0.1, -0.05) is 25.0 Å². The first-order valence-corrected chi connectivity index (χ1v) is 8.79. The Kier molecular flexibility index (Phi) is 5.17. The van der Waals surface area contributed by atoms with Crippen LogP contribution in [0.3, 0.4) is 0 Å². The lowest BCUT2D eigenvalue weighted by molar-refractivity contribution is -0.117. The van der Waals surface area contributed by atoms with Crippen molar-refractivity contribution in [3.05, 3.63) is 29.8 Å². The molecular weight excluding hydrogens is 284 g/mol. The molecule has 1 saturated heterocycles. The molecule has 1 unspecified atom stereocenters. The average molecular weight is 306 g/mol. The van der Waals surface area contributed by atoms with Gasteiger partial charge in [-0.25, -0.2) is 0 Å². The van der Waals surface area contributed by atoms with Crippen LogP contribution in [0.1, 0.15) is 31.2 Å². The molecule has 1 atom stereocenters. The Bertz CT molecular complexity index is 466. The Hall–Kier alpha value is -1.04. The molecule has 114 valence electrons. The van der Waals surface area contributed by atoms with E-state index in [4.69, 9.17) is 4.74 Å². The predicted octanol–water partition coefficient (Wildman–Crippen LogP) is 2.75. The molecule has 0 aromatic heterocycles. The topological polar surface area (TPSA) is 50.4 Å². The molecule has 1 aliphatic carbocycles. The molecule has 2 aliphatic rings. The standard InChI is InChI=1S/C16H22N2O2S/c19-16(15-10-21-11-17-15)18-13-7-5-12(6-8-13)9-20-14-3-1-2-4-14/h5-8,14-15,17H,1-4,9-11H2,(H,18,19). The van der Waals surface area contributed by atoms with Crippen LogP contribution < -0.4 is 10.6 Å². The Labute approximate surface area is 130 Å². The Morgan fingerprint density at radius 1 is 1.29 bits per heavy atom. The van der Waals surface area contributed by atoms with Crippen molar-refractivity contribution in [1.82, 2.24) is 5.32 Å². The number of hydrogen-bond acceptors (Lipinski definition) is 4. The first-order valence-electron chi connectivity index (χ1n) is 7.64. The lowest BCUT2D eigenvalue weighted by Gasteiger charge is -2.12. The molecule has 1 aromatic rings. The third-order valence-corrected chi connectivity index (χ3v) is 4.98. The molecule has 0 radical (unpaired) electrons. The number of amides is 1. The summed E-state index contributed by atoms with van der Waals surface area (Å²) in [5.74, 6) is 1.75. The Morgan fingerprint density at radius 3 is 2.71 bits per heavy atom. The highest BCUT2D eigenvalue weighted by Crippen LogP contribution is 2.22. The van der Waals surface area contributed by atoms with Crippen molar-refractivity contribution in [2.45, 2.75) is 44.4 Å². The summed E-state index contributed by atoms with van der Waals surface area (Å²) in [6, 6.07) is 7.89. The summed E-state index contributed by atoms with van der Waals surface area (Å²) < 4.78 is 5.89. The zero-order valence-electron chi connectivity index (χ0n) is 12.1. The quantitative estimate of drug-likeness (QED) is 0.878. The molecular formula is C16H22N2O2S. The summed E-state index contributed by atoms with van der Waals surface area (Å²) in [6.07, 6.45) is 5.42. The van der Waals surface area contributed by atoms with Crippen molar-refractivity contribution in [3.8, 4) is 0 Å². The summed E-state index contributed by atoms with van der Waals surface area (Å²) in [5.41, 5.74) is 2.01. The van der Waals surface area contributed by atoms with Crippen LogP contribution in [0.25, 0.3) is 0 Å². The van der Waals surface area contributed by atoms with Gasteiger partial charge in [0, 0.05) is 17.3 Å². The van der Waals surface area contributed by atoms with Gasteiger partial charge in [-0.3, -0.25) is 10.1 Å². The number of nitrogens with one attached hydrogen (secondary N) is 2. The lowest BCUT2D eigenvalue weighted by Crippen LogP contribution is -2.37. The van der Waals surface area contributed by atoms with Gasteiger partial charge in [0.05, 0.1) is 18.8 Å². The second-order valence-electron chi connectivity index (χ2n) is 5.68. The van der Waals surface area contributed by atoms with Crippen LogP contribution in [-0.4, -0.2) is 29.7 Å². The summed E-state index contributed by atoms with van der Waals surface area (Å²) in [5, 5.41) is 6.12. The maximum atomic E-state index is 12.0. The molecule has 2 fully saturated rings. The third-order valence-electron chi connectivity index (χ3n) is 4.04. The Morgan fingerprint density at radius 2 is 2.05 bits per heavy atom. The van der Waals surface area contributed by atoms with Gasteiger partial charge < -0.3 is 10.1 Å². The molecule has 2 N–H and O–H groups in total. The number of hydrogen-bond donors (Lipinski definition) is 2. The second kappa shape index (κ2) is 7.29. The van der Waals surface area contributed by atoms with Gasteiger partial charge in [0.1, 0.15) is 0 Å². The van der Waals surface area contributed by atoms with Crippen molar-refractivity contribution < 1.29 is 9.53 Å². The number of benzene rings is 1. The fraction of sp³-hybridized carbons (Fsp3) is 0.562. The van der Waals surface area contributed by atoms with E-state index in [1.807, 2.05) is 24.3 Å². The van der Waals surface area contributed by atoms with Crippen molar-refractivity contribution in [1.29, 1.82) is 0 Å². The van der Waals surface area contributed by atoms with Gasteiger partial charge in [0.2, 0.25) is 5.91 Å². The summed E-state index contributed by atoms with van der Waals surface area (Å²) in [7, 11) is 0.